The van der Waals surface area contributed by atoms with Crippen LogP contribution < -0.4 is 10.5 Å². The Hall–Kier alpha value is -3.21. The van der Waals surface area contributed by atoms with E-state index in [1.165, 1.54) is 12.1 Å². The molecule has 0 fully saturated rings. The summed E-state index contributed by atoms with van der Waals surface area (Å²) in [5, 5.41) is 10.3. The van der Waals surface area contributed by atoms with Gasteiger partial charge in [-0.1, -0.05) is 44.2 Å². The lowest BCUT2D eigenvalue weighted by atomic mass is 9.96. The highest BCUT2D eigenvalue weighted by atomic mass is 32.2. The molecule has 0 aliphatic carbocycles. The van der Waals surface area contributed by atoms with Gasteiger partial charge in [-0.05, 0) is 36.1 Å². The van der Waals surface area contributed by atoms with Crippen LogP contribution in [-0.4, -0.2) is 40.4 Å². The SMILES string of the molecule is CCOCc1nc2c(N)nc3ccccc3c2n1CC(C)(C)CS(=O)(=O)NCc1ccc(O)cc1. The molecular weight excluding hydrogens is 466 g/mol. The van der Waals surface area contributed by atoms with E-state index >= 15 is 0 Å². The van der Waals surface area contributed by atoms with E-state index < -0.39 is 15.4 Å². The van der Waals surface area contributed by atoms with Crippen LogP contribution in [0.5, 0.6) is 5.75 Å². The third kappa shape index (κ3) is 5.72. The largest absolute Gasteiger partial charge is 0.508 e. The predicted molar refractivity (Wildman–Crippen MR) is 137 cm³/mol. The van der Waals surface area contributed by atoms with Crippen molar-refractivity contribution in [1.29, 1.82) is 0 Å². The van der Waals surface area contributed by atoms with Crippen molar-refractivity contribution in [3.8, 4) is 5.75 Å². The first-order valence-corrected chi connectivity index (χ1v) is 13.1. The zero-order valence-corrected chi connectivity index (χ0v) is 21.0. The van der Waals surface area contributed by atoms with Gasteiger partial charge in [-0.2, -0.15) is 0 Å². The summed E-state index contributed by atoms with van der Waals surface area (Å²) in [6.07, 6.45) is 0. The maximum absolute atomic E-state index is 13.0. The molecule has 10 heteroatoms. The van der Waals surface area contributed by atoms with Gasteiger partial charge in [-0.15, -0.1) is 0 Å². The van der Waals surface area contributed by atoms with Gasteiger partial charge >= 0.3 is 0 Å². The van der Waals surface area contributed by atoms with Crippen LogP contribution in [0.1, 0.15) is 32.2 Å². The first kappa shape index (κ1) is 24.9. The Morgan fingerprint density at radius 2 is 1.83 bits per heavy atom. The van der Waals surface area contributed by atoms with Crippen molar-refractivity contribution in [2.45, 2.75) is 40.5 Å². The molecule has 0 bridgehead atoms. The third-order valence-corrected chi connectivity index (χ3v) is 7.47. The molecule has 4 N–H and O–H groups in total. The highest BCUT2D eigenvalue weighted by molar-refractivity contribution is 7.89. The number of para-hydroxylation sites is 1. The second kappa shape index (κ2) is 9.80. The number of ether oxygens (including phenoxy) is 1. The molecule has 186 valence electrons. The van der Waals surface area contributed by atoms with E-state index in [9.17, 15) is 13.5 Å². The summed E-state index contributed by atoms with van der Waals surface area (Å²) in [4.78, 5) is 9.22. The summed E-state index contributed by atoms with van der Waals surface area (Å²) in [7, 11) is -3.60. The number of fused-ring (bicyclic) bond motifs is 3. The predicted octanol–water partition coefficient (Wildman–Crippen LogP) is 3.55. The standard InChI is InChI=1S/C25H31N5O4S/c1-4-34-14-21-29-22-23(19-7-5-6-8-20(19)28-24(22)26)30(21)15-25(2,3)16-35(32,33)27-13-17-9-11-18(31)12-10-17/h5-12,27,31H,4,13-16H2,1-3H3,(H2,26,28). The molecule has 0 saturated carbocycles. The van der Waals surface area contributed by atoms with Crippen molar-refractivity contribution >= 4 is 37.8 Å². The van der Waals surface area contributed by atoms with Gasteiger partial charge in [0.25, 0.3) is 0 Å². The van der Waals surface area contributed by atoms with E-state index in [-0.39, 0.29) is 24.7 Å². The van der Waals surface area contributed by atoms with Gasteiger partial charge in [0, 0.05) is 25.1 Å². The number of nitrogens with one attached hydrogen (secondary N) is 1. The Bertz CT molecular complexity index is 1450. The molecule has 0 saturated heterocycles. The number of benzene rings is 2. The monoisotopic (exact) mass is 497 g/mol. The Morgan fingerprint density at radius 3 is 2.54 bits per heavy atom. The van der Waals surface area contributed by atoms with E-state index in [2.05, 4.69) is 9.71 Å². The van der Waals surface area contributed by atoms with E-state index in [1.807, 2.05) is 49.6 Å². The normalized spacial score (nSPS) is 12.5. The van der Waals surface area contributed by atoms with E-state index in [4.69, 9.17) is 15.5 Å². The van der Waals surface area contributed by atoms with Crippen LogP contribution in [-0.2, 0) is 34.5 Å². The van der Waals surface area contributed by atoms with E-state index in [0.29, 0.717) is 30.3 Å². The number of nitrogens with zero attached hydrogens (tertiary/aromatic N) is 3. The summed E-state index contributed by atoms with van der Waals surface area (Å²) in [6, 6.07) is 14.1. The molecule has 2 aromatic carbocycles. The number of rotatable bonds is 10. The second-order valence-corrected chi connectivity index (χ2v) is 11.2. The molecule has 2 heterocycles. The number of nitrogen functional groups attached to an aromatic ring is 1. The summed E-state index contributed by atoms with van der Waals surface area (Å²) in [5.41, 5.74) is 8.53. The van der Waals surface area contributed by atoms with Crippen molar-refractivity contribution in [3.05, 3.63) is 59.9 Å². The highest BCUT2D eigenvalue weighted by Gasteiger charge is 2.29. The summed E-state index contributed by atoms with van der Waals surface area (Å²) >= 11 is 0. The molecule has 4 aromatic rings. The minimum absolute atomic E-state index is 0.0929. The number of nitrogens with two attached hydrogens (primary N) is 1. The zero-order chi connectivity index (χ0) is 25.2. The minimum atomic E-state index is -3.60. The van der Waals surface area contributed by atoms with Gasteiger partial charge in [-0.3, -0.25) is 0 Å². The lowest BCUT2D eigenvalue weighted by Crippen LogP contribution is -2.36. The number of anilines is 1. The van der Waals surface area contributed by atoms with Crippen molar-refractivity contribution < 1.29 is 18.3 Å². The number of hydrogen-bond acceptors (Lipinski definition) is 7. The Labute approximate surface area is 205 Å². The van der Waals surface area contributed by atoms with Crippen LogP contribution >= 0.6 is 0 Å². The number of hydrogen-bond donors (Lipinski definition) is 3. The molecule has 9 nitrogen and oxygen atoms in total. The maximum atomic E-state index is 13.0. The molecular formula is C25H31N5O4S. The molecule has 35 heavy (non-hydrogen) atoms. The number of imidazole rings is 1. The quantitative estimate of drug-likeness (QED) is 0.305. The van der Waals surface area contributed by atoms with E-state index in [1.54, 1.807) is 12.1 Å². The summed E-state index contributed by atoms with van der Waals surface area (Å²) in [6.45, 7) is 7.08. The molecule has 0 unspecified atom stereocenters. The molecule has 0 radical (unpaired) electrons. The lowest BCUT2D eigenvalue weighted by molar-refractivity contribution is 0.124. The zero-order valence-electron chi connectivity index (χ0n) is 20.2. The average Bonchev–Trinajstić information content (AvgIpc) is 3.15. The van der Waals surface area contributed by atoms with Crippen LogP contribution in [0.25, 0.3) is 21.9 Å². The molecule has 0 atom stereocenters. The highest BCUT2D eigenvalue weighted by Crippen LogP contribution is 2.32. The molecule has 4 rings (SSSR count). The first-order chi connectivity index (χ1) is 16.6. The molecule has 2 aromatic heterocycles. The minimum Gasteiger partial charge on any atom is -0.508 e. The van der Waals surface area contributed by atoms with Gasteiger partial charge in [0.05, 0.1) is 16.8 Å². The van der Waals surface area contributed by atoms with Crippen LogP contribution in [0.15, 0.2) is 48.5 Å². The number of phenols is 1. The van der Waals surface area contributed by atoms with Crippen LogP contribution in [0.2, 0.25) is 0 Å². The Balaban J connectivity index is 1.65. The molecule has 0 aliphatic heterocycles. The second-order valence-electron chi connectivity index (χ2n) is 9.37. The average molecular weight is 498 g/mol. The van der Waals surface area contributed by atoms with Crippen molar-refractivity contribution in [3.63, 3.8) is 0 Å². The number of aromatic nitrogens is 3. The van der Waals surface area contributed by atoms with E-state index in [0.717, 1.165) is 22.0 Å². The Kier molecular flexibility index (Phi) is 6.98. The fourth-order valence-electron chi connectivity index (χ4n) is 4.22. The van der Waals surface area contributed by atoms with Gasteiger partial charge in [-0.25, -0.2) is 23.1 Å². The molecule has 0 spiro atoms. The number of sulfonamides is 1. The topological polar surface area (TPSA) is 132 Å². The maximum Gasteiger partial charge on any atom is 0.212 e. The van der Waals surface area contributed by atoms with Crippen molar-refractivity contribution in [2.24, 2.45) is 5.41 Å². The Morgan fingerprint density at radius 1 is 1.11 bits per heavy atom. The summed E-state index contributed by atoms with van der Waals surface area (Å²) < 4.78 is 36.3. The van der Waals surface area contributed by atoms with Crippen LogP contribution in [0.3, 0.4) is 0 Å². The molecule has 0 aliphatic rings. The third-order valence-electron chi connectivity index (χ3n) is 5.72. The van der Waals surface area contributed by atoms with Crippen LogP contribution in [0, 0.1) is 5.41 Å². The van der Waals surface area contributed by atoms with Crippen molar-refractivity contribution in [2.75, 3.05) is 18.1 Å². The lowest BCUT2D eigenvalue weighted by Gasteiger charge is -2.26. The van der Waals surface area contributed by atoms with Gasteiger partial charge < -0.3 is 20.1 Å². The van der Waals surface area contributed by atoms with Gasteiger partial charge in [0.1, 0.15) is 23.7 Å². The molecule has 0 amide bonds. The number of aromatic hydroxyl groups is 1. The number of pyridine rings is 1. The fraction of sp³-hybridized carbons (Fsp3) is 0.360. The number of phenolic OH excluding ortho intramolecular Hbond substituents is 1. The fourth-order valence-corrected chi connectivity index (χ4v) is 5.83. The van der Waals surface area contributed by atoms with Gasteiger partial charge in [0.15, 0.2) is 5.82 Å². The van der Waals surface area contributed by atoms with Crippen LogP contribution in [0.4, 0.5) is 5.82 Å². The van der Waals surface area contributed by atoms with Crippen molar-refractivity contribution in [1.82, 2.24) is 19.3 Å². The first-order valence-electron chi connectivity index (χ1n) is 11.4. The smallest absolute Gasteiger partial charge is 0.212 e. The van der Waals surface area contributed by atoms with Gasteiger partial charge in [0.2, 0.25) is 10.0 Å². The summed E-state index contributed by atoms with van der Waals surface area (Å²) in [5.74, 6) is 1.05.